The van der Waals surface area contributed by atoms with Crippen molar-refractivity contribution < 1.29 is 5.11 Å². The molecule has 1 heteroatoms. The fraction of sp³-hybridized carbons (Fsp3) is 0.158. The van der Waals surface area contributed by atoms with Gasteiger partial charge in [0.1, 0.15) is 0 Å². The van der Waals surface area contributed by atoms with Crippen molar-refractivity contribution in [1.82, 2.24) is 0 Å². The van der Waals surface area contributed by atoms with Crippen molar-refractivity contribution in [3.05, 3.63) is 82.9 Å². The molecule has 1 aliphatic carbocycles. The molecule has 3 rings (SSSR count). The fourth-order valence-electron chi connectivity index (χ4n) is 2.75. The smallest absolute Gasteiger partial charge is 0.0895 e. The Morgan fingerprint density at radius 3 is 2.50 bits per heavy atom. The van der Waals surface area contributed by atoms with E-state index in [2.05, 4.69) is 37.3 Å². The molecule has 0 spiro atoms. The van der Waals surface area contributed by atoms with E-state index in [1.165, 1.54) is 11.1 Å². The summed E-state index contributed by atoms with van der Waals surface area (Å²) in [7, 11) is 0. The molecule has 1 aliphatic rings. The summed E-state index contributed by atoms with van der Waals surface area (Å²) >= 11 is 0. The Morgan fingerprint density at radius 1 is 1.00 bits per heavy atom. The number of rotatable bonds is 2. The van der Waals surface area contributed by atoms with E-state index in [0.29, 0.717) is 0 Å². The molecule has 20 heavy (non-hydrogen) atoms. The third-order valence-corrected chi connectivity index (χ3v) is 3.86. The Morgan fingerprint density at radius 2 is 1.70 bits per heavy atom. The average Bonchev–Trinajstić information content (AvgIpc) is 2.49. The van der Waals surface area contributed by atoms with Gasteiger partial charge in [-0.2, -0.15) is 0 Å². The monoisotopic (exact) mass is 262 g/mol. The van der Waals surface area contributed by atoms with Crippen molar-refractivity contribution in [3.63, 3.8) is 0 Å². The summed E-state index contributed by atoms with van der Waals surface area (Å²) in [5, 5.41) is 10.6. The molecule has 2 atom stereocenters. The summed E-state index contributed by atoms with van der Waals surface area (Å²) in [4.78, 5) is 0. The van der Waals surface area contributed by atoms with Gasteiger partial charge in [0.25, 0.3) is 0 Å². The summed E-state index contributed by atoms with van der Waals surface area (Å²) in [6, 6.07) is 18.3. The van der Waals surface area contributed by atoms with Gasteiger partial charge in [-0.15, -0.1) is 0 Å². The Hall–Kier alpha value is -2.12. The second-order valence-electron chi connectivity index (χ2n) is 5.26. The molecule has 1 N–H and O–H groups in total. The maximum atomic E-state index is 10.6. The highest BCUT2D eigenvalue weighted by atomic mass is 16.3. The molecule has 0 aliphatic heterocycles. The van der Waals surface area contributed by atoms with Gasteiger partial charge in [-0.25, -0.2) is 0 Å². The van der Waals surface area contributed by atoms with Crippen molar-refractivity contribution >= 4 is 12.2 Å². The number of aliphatic hydroxyl groups is 1. The zero-order valence-electron chi connectivity index (χ0n) is 11.5. The predicted octanol–water partition coefficient (Wildman–Crippen LogP) is 4.47. The van der Waals surface area contributed by atoms with Crippen molar-refractivity contribution in [2.24, 2.45) is 5.92 Å². The van der Waals surface area contributed by atoms with Gasteiger partial charge in [0, 0.05) is 5.92 Å². The van der Waals surface area contributed by atoms with Crippen LogP contribution in [0, 0.1) is 5.92 Å². The molecule has 0 heterocycles. The first kappa shape index (κ1) is 12.9. The lowest BCUT2D eigenvalue weighted by atomic mass is 9.82. The van der Waals surface area contributed by atoms with Crippen molar-refractivity contribution in [3.8, 4) is 0 Å². The minimum atomic E-state index is -0.462. The SMILES string of the molecule is C/C(=C\c1ccccc1)C1C=Cc2ccccc2C1O. The largest absolute Gasteiger partial charge is 0.387 e. The van der Waals surface area contributed by atoms with Crippen LogP contribution < -0.4 is 0 Å². The summed E-state index contributed by atoms with van der Waals surface area (Å²) in [6.07, 6.45) is 5.89. The van der Waals surface area contributed by atoms with E-state index in [4.69, 9.17) is 0 Å². The Bertz CT molecular complexity index is 652. The number of hydrogen-bond donors (Lipinski definition) is 1. The number of benzene rings is 2. The zero-order valence-corrected chi connectivity index (χ0v) is 11.5. The normalized spacial score (nSPS) is 21.6. The minimum Gasteiger partial charge on any atom is -0.387 e. The number of aliphatic hydroxyl groups excluding tert-OH is 1. The van der Waals surface area contributed by atoms with Gasteiger partial charge in [-0.1, -0.05) is 78.4 Å². The van der Waals surface area contributed by atoms with E-state index in [-0.39, 0.29) is 5.92 Å². The summed E-state index contributed by atoms with van der Waals surface area (Å²) < 4.78 is 0. The van der Waals surface area contributed by atoms with Gasteiger partial charge in [-0.05, 0) is 23.6 Å². The maximum absolute atomic E-state index is 10.6. The lowest BCUT2D eigenvalue weighted by Gasteiger charge is -2.26. The van der Waals surface area contributed by atoms with Crippen LogP contribution in [-0.4, -0.2) is 5.11 Å². The molecule has 0 aromatic heterocycles. The molecule has 100 valence electrons. The Labute approximate surface area is 119 Å². The van der Waals surface area contributed by atoms with Gasteiger partial charge in [-0.3, -0.25) is 0 Å². The number of fused-ring (bicyclic) bond motifs is 1. The van der Waals surface area contributed by atoms with E-state index >= 15 is 0 Å². The van der Waals surface area contributed by atoms with Crippen LogP contribution in [0.2, 0.25) is 0 Å². The first-order valence-corrected chi connectivity index (χ1v) is 6.94. The fourth-order valence-corrected chi connectivity index (χ4v) is 2.75. The molecular formula is C19H18O. The molecular weight excluding hydrogens is 244 g/mol. The van der Waals surface area contributed by atoms with Gasteiger partial charge >= 0.3 is 0 Å². The Balaban J connectivity index is 1.91. The predicted molar refractivity (Wildman–Crippen MR) is 84.0 cm³/mol. The van der Waals surface area contributed by atoms with Crippen molar-refractivity contribution in [2.75, 3.05) is 0 Å². The van der Waals surface area contributed by atoms with E-state index in [9.17, 15) is 5.11 Å². The van der Waals surface area contributed by atoms with Crippen LogP contribution in [0.5, 0.6) is 0 Å². The molecule has 2 aromatic carbocycles. The molecule has 2 aromatic rings. The van der Waals surface area contributed by atoms with Gasteiger partial charge in [0.05, 0.1) is 6.10 Å². The maximum Gasteiger partial charge on any atom is 0.0895 e. The number of hydrogen-bond acceptors (Lipinski definition) is 1. The molecule has 0 amide bonds. The lowest BCUT2D eigenvalue weighted by Crippen LogP contribution is -2.15. The molecule has 0 bridgehead atoms. The summed E-state index contributed by atoms with van der Waals surface area (Å²) in [5.41, 5.74) is 4.48. The van der Waals surface area contributed by atoms with E-state index in [1.807, 2.05) is 42.5 Å². The van der Waals surface area contributed by atoms with Crippen LogP contribution in [0.15, 0.2) is 66.2 Å². The van der Waals surface area contributed by atoms with Crippen LogP contribution in [0.25, 0.3) is 12.2 Å². The van der Waals surface area contributed by atoms with Gasteiger partial charge in [0.15, 0.2) is 0 Å². The highest BCUT2D eigenvalue weighted by molar-refractivity contribution is 5.61. The van der Waals surface area contributed by atoms with Crippen LogP contribution in [0.4, 0.5) is 0 Å². The second-order valence-corrected chi connectivity index (χ2v) is 5.26. The first-order valence-electron chi connectivity index (χ1n) is 6.94. The van der Waals surface area contributed by atoms with Crippen LogP contribution in [0.3, 0.4) is 0 Å². The van der Waals surface area contributed by atoms with Crippen LogP contribution >= 0.6 is 0 Å². The van der Waals surface area contributed by atoms with E-state index in [1.54, 1.807) is 0 Å². The quantitative estimate of drug-likeness (QED) is 0.846. The molecule has 2 unspecified atom stereocenters. The topological polar surface area (TPSA) is 20.2 Å². The third-order valence-electron chi connectivity index (χ3n) is 3.86. The van der Waals surface area contributed by atoms with Gasteiger partial charge < -0.3 is 5.11 Å². The summed E-state index contributed by atoms with van der Waals surface area (Å²) in [5.74, 6) is 0.0464. The second kappa shape index (κ2) is 5.48. The van der Waals surface area contributed by atoms with Crippen LogP contribution in [-0.2, 0) is 0 Å². The van der Waals surface area contributed by atoms with Crippen LogP contribution in [0.1, 0.15) is 29.7 Å². The third kappa shape index (κ3) is 2.45. The molecule has 0 saturated carbocycles. The zero-order chi connectivity index (χ0) is 13.9. The van der Waals surface area contributed by atoms with Crippen molar-refractivity contribution in [1.29, 1.82) is 0 Å². The standard InChI is InChI=1S/C19H18O/c1-14(13-15-7-3-2-4-8-15)17-12-11-16-9-5-6-10-18(16)19(17)20/h2-13,17,19-20H,1H3/b14-13+. The lowest BCUT2D eigenvalue weighted by molar-refractivity contribution is 0.145. The molecule has 0 saturated heterocycles. The highest BCUT2D eigenvalue weighted by Crippen LogP contribution is 2.36. The van der Waals surface area contributed by atoms with Crippen molar-refractivity contribution in [2.45, 2.75) is 13.0 Å². The molecule has 0 radical (unpaired) electrons. The molecule has 0 fully saturated rings. The molecule has 1 nitrogen and oxygen atoms in total. The van der Waals surface area contributed by atoms with Gasteiger partial charge in [0.2, 0.25) is 0 Å². The van der Waals surface area contributed by atoms with E-state index in [0.717, 1.165) is 11.1 Å². The Kier molecular flexibility index (Phi) is 3.53. The summed E-state index contributed by atoms with van der Waals surface area (Å²) in [6.45, 7) is 2.08. The average molecular weight is 262 g/mol. The first-order chi connectivity index (χ1) is 9.75. The van der Waals surface area contributed by atoms with E-state index < -0.39 is 6.10 Å². The minimum absolute atomic E-state index is 0.0464. The highest BCUT2D eigenvalue weighted by Gasteiger charge is 2.24.